The maximum Gasteiger partial charge on any atom is 0.265 e. The van der Waals surface area contributed by atoms with Gasteiger partial charge in [-0.05, 0) is 60.2 Å². The first-order valence-electron chi connectivity index (χ1n) is 10.7. The second-order valence-electron chi connectivity index (χ2n) is 9.46. The number of anilines is 1. The summed E-state index contributed by atoms with van der Waals surface area (Å²) in [5.74, 6) is 0.0834. The molecule has 5 nitrogen and oxygen atoms in total. The van der Waals surface area contributed by atoms with Crippen LogP contribution < -0.4 is 11.1 Å². The Morgan fingerprint density at radius 3 is 2.50 bits per heavy atom. The Morgan fingerprint density at radius 1 is 1.13 bits per heavy atom. The van der Waals surface area contributed by atoms with Crippen LogP contribution in [-0.2, 0) is 11.3 Å². The number of nitrogens with two attached hydrogens (primary N) is 1. The van der Waals surface area contributed by atoms with Crippen LogP contribution in [0.4, 0.5) is 5.69 Å². The molecule has 1 aliphatic rings. The second kappa shape index (κ2) is 9.75. The van der Waals surface area contributed by atoms with Crippen LogP contribution in [0.1, 0.15) is 68.1 Å². The number of nitrogens with zero attached hydrogens (tertiary/aromatic N) is 1. The molecule has 0 bridgehead atoms. The third-order valence-electron chi connectivity index (χ3n) is 5.47. The highest BCUT2D eigenvalue weighted by Gasteiger charge is 2.30. The third kappa shape index (κ3) is 6.41. The van der Waals surface area contributed by atoms with Gasteiger partial charge in [-0.15, -0.1) is 11.3 Å². The fourth-order valence-electron chi connectivity index (χ4n) is 3.93. The Bertz CT molecular complexity index is 850. The van der Waals surface area contributed by atoms with Gasteiger partial charge in [-0.1, -0.05) is 39.0 Å². The Balaban J connectivity index is 1.74. The average molecular weight is 428 g/mol. The van der Waals surface area contributed by atoms with Crippen molar-refractivity contribution >= 4 is 28.8 Å². The van der Waals surface area contributed by atoms with Gasteiger partial charge in [-0.25, -0.2) is 0 Å². The largest absolute Gasteiger partial charge is 0.335 e. The molecule has 1 aliphatic carbocycles. The lowest BCUT2D eigenvalue weighted by molar-refractivity contribution is -0.137. The zero-order valence-electron chi connectivity index (χ0n) is 18.2. The summed E-state index contributed by atoms with van der Waals surface area (Å²) >= 11 is 1.42. The Kier molecular flexibility index (Phi) is 7.32. The number of hydrogen-bond donors (Lipinski definition) is 2. The van der Waals surface area contributed by atoms with Gasteiger partial charge in [-0.2, -0.15) is 0 Å². The molecule has 162 valence electrons. The van der Waals surface area contributed by atoms with Gasteiger partial charge >= 0.3 is 0 Å². The Hall–Kier alpha value is -2.18. The van der Waals surface area contributed by atoms with Gasteiger partial charge in [0.2, 0.25) is 5.91 Å². The van der Waals surface area contributed by atoms with Crippen molar-refractivity contribution in [3.63, 3.8) is 0 Å². The SMILES string of the molecule is CC(C)(C)CC(=O)N(Cc1cccc(NC(=O)c2cccs2)c1)C1CCC(N)CC1. The molecular formula is C24H33N3O2S. The number of hydrogen-bond acceptors (Lipinski definition) is 4. The molecule has 2 aromatic rings. The van der Waals surface area contributed by atoms with Crippen LogP contribution in [0.5, 0.6) is 0 Å². The minimum Gasteiger partial charge on any atom is -0.335 e. The lowest BCUT2D eigenvalue weighted by Crippen LogP contribution is -2.44. The topological polar surface area (TPSA) is 75.4 Å². The van der Waals surface area contributed by atoms with Crippen LogP contribution in [0.3, 0.4) is 0 Å². The van der Waals surface area contributed by atoms with Gasteiger partial charge in [-0.3, -0.25) is 9.59 Å². The summed E-state index contributed by atoms with van der Waals surface area (Å²) in [6.07, 6.45) is 4.34. The first-order valence-corrected chi connectivity index (χ1v) is 11.6. The summed E-state index contributed by atoms with van der Waals surface area (Å²) in [6.45, 7) is 6.85. The Labute approximate surface area is 183 Å². The maximum absolute atomic E-state index is 13.2. The van der Waals surface area contributed by atoms with Crippen molar-refractivity contribution in [3.8, 4) is 0 Å². The van der Waals surface area contributed by atoms with E-state index < -0.39 is 0 Å². The van der Waals surface area contributed by atoms with Crippen molar-refractivity contribution in [2.24, 2.45) is 11.1 Å². The first kappa shape index (κ1) is 22.5. The van der Waals surface area contributed by atoms with E-state index in [-0.39, 0.29) is 29.3 Å². The van der Waals surface area contributed by atoms with Crippen LogP contribution in [0.2, 0.25) is 0 Å². The standard InChI is InChI=1S/C24H33N3O2S/c1-24(2,3)15-22(28)27(20-11-9-18(25)10-12-20)16-17-6-4-7-19(14-17)26-23(29)21-8-5-13-30-21/h4-8,13-14,18,20H,9-12,15-16,25H2,1-3H3,(H,26,29). The van der Waals surface area contributed by atoms with E-state index in [1.165, 1.54) is 11.3 Å². The molecule has 0 unspecified atom stereocenters. The monoisotopic (exact) mass is 427 g/mol. The average Bonchev–Trinajstić information content (AvgIpc) is 3.21. The highest BCUT2D eigenvalue weighted by Crippen LogP contribution is 2.28. The number of nitrogens with one attached hydrogen (secondary N) is 1. The van der Waals surface area contributed by atoms with E-state index in [0.717, 1.165) is 36.9 Å². The highest BCUT2D eigenvalue weighted by atomic mass is 32.1. The number of carbonyl (C=O) groups is 2. The summed E-state index contributed by atoms with van der Waals surface area (Å²) in [7, 11) is 0. The van der Waals surface area contributed by atoms with Crippen LogP contribution in [-0.4, -0.2) is 28.8 Å². The van der Waals surface area contributed by atoms with Crippen molar-refractivity contribution in [3.05, 3.63) is 52.2 Å². The van der Waals surface area contributed by atoms with E-state index >= 15 is 0 Å². The van der Waals surface area contributed by atoms with E-state index in [1.54, 1.807) is 0 Å². The van der Waals surface area contributed by atoms with Gasteiger partial charge in [0.25, 0.3) is 5.91 Å². The molecule has 3 N–H and O–H groups in total. The normalized spacial score (nSPS) is 19.3. The third-order valence-corrected chi connectivity index (χ3v) is 6.34. The highest BCUT2D eigenvalue weighted by molar-refractivity contribution is 7.12. The lowest BCUT2D eigenvalue weighted by atomic mass is 9.88. The predicted molar refractivity (Wildman–Crippen MR) is 124 cm³/mol. The van der Waals surface area contributed by atoms with E-state index in [0.29, 0.717) is 17.8 Å². The molecule has 1 fully saturated rings. The molecule has 3 rings (SSSR count). The molecule has 0 aliphatic heterocycles. The van der Waals surface area contributed by atoms with Crippen molar-refractivity contribution in [2.45, 2.75) is 71.5 Å². The maximum atomic E-state index is 13.2. The second-order valence-corrected chi connectivity index (χ2v) is 10.4. The molecule has 6 heteroatoms. The van der Waals surface area contributed by atoms with Crippen LogP contribution in [0.25, 0.3) is 0 Å². The smallest absolute Gasteiger partial charge is 0.265 e. The van der Waals surface area contributed by atoms with E-state index in [9.17, 15) is 9.59 Å². The predicted octanol–water partition coefficient (Wildman–Crippen LogP) is 5.04. The fraction of sp³-hybridized carbons (Fsp3) is 0.500. The van der Waals surface area contributed by atoms with Gasteiger partial charge in [0.1, 0.15) is 0 Å². The molecule has 1 aromatic heterocycles. The minimum absolute atomic E-state index is 0.0586. The van der Waals surface area contributed by atoms with Crippen LogP contribution >= 0.6 is 11.3 Å². The van der Waals surface area contributed by atoms with Crippen molar-refractivity contribution in [2.75, 3.05) is 5.32 Å². The molecule has 0 atom stereocenters. The van der Waals surface area contributed by atoms with Gasteiger partial charge in [0.15, 0.2) is 0 Å². The number of thiophene rings is 1. The Morgan fingerprint density at radius 2 is 1.87 bits per heavy atom. The number of rotatable bonds is 6. The summed E-state index contributed by atoms with van der Waals surface area (Å²) in [5.41, 5.74) is 7.81. The quantitative estimate of drug-likeness (QED) is 0.678. The zero-order valence-corrected chi connectivity index (χ0v) is 19.0. The lowest BCUT2D eigenvalue weighted by Gasteiger charge is -2.37. The summed E-state index contributed by atoms with van der Waals surface area (Å²) in [4.78, 5) is 28.3. The zero-order chi connectivity index (χ0) is 21.7. The molecule has 30 heavy (non-hydrogen) atoms. The van der Waals surface area contributed by atoms with Crippen molar-refractivity contribution in [1.29, 1.82) is 0 Å². The molecular weight excluding hydrogens is 394 g/mol. The summed E-state index contributed by atoms with van der Waals surface area (Å²) in [5, 5.41) is 4.85. The van der Waals surface area contributed by atoms with E-state index in [4.69, 9.17) is 5.73 Å². The number of carbonyl (C=O) groups excluding carboxylic acids is 2. The summed E-state index contributed by atoms with van der Waals surface area (Å²) in [6, 6.07) is 12.0. The summed E-state index contributed by atoms with van der Waals surface area (Å²) < 4.78 is 0. The number of amides is 2. The van der Waals surface area contributed by atoms with Gasteiger partial charge < -0.3 is 16.0 Å². The van der Waals surface area contributed by atoms with Crippen LogP contribution in [0.15, 0.2) is 41.8 Å². The first-order chi connectivity index (χ1) is 14.2. The molecule has 1 aromatic carbocycles. The molecule has 1 saturated carbocycles. The van der Waals surface area contributed by atoms with Crippen LogP contribution in [0, 0.1) is 5.41 Å². The van der Waals surface area contributed by atoms with Crippen molar-refractivity contribution < 1.29 is 9.59 Å². The minimum atomic E-state index is -0.107. The van der Waals surface area contributed by atoms with Crippen molar-refractivity contribution in [1.82, 2.24) is 4.90 Å². The molecule has 1 heterocycles. The molecule has 0 saturated heterocycles. The number of benzene rings is 1. The molecule has 0 spiro atoms. The molecule has 0 radical (unpaired) electrons. The van der Waals surface area contributed by atoms with Gasteiger partial charge in [0, 0.05) is 30.7 Å². The van der Waals surface area contributed by atoms with Gasteiger partial charge in [0.05, 0.1) is 4.88 Å². The fourth-order valence-corrected chi connectivity index (χ4v) is 4.55. The molecule has 2 amide bonds. The van der Waals surface area contributed by atoms with E-state index in [2.05, 4.69) is 26.1 Å². The van der Waals surface area contributed by atoms with E-state index in [1.807, 2.05) is 46.7 Å².